The largest absolute Gasteiger partial charge is 0.493 e. The molecule has 1 atom stereocenters. The second-order valence-corrected chi connectivity index (χ2v) is 9.32. The Morgan fingerprint density at radius 3 is 2.50 bits per heavy atom. The highest BCUT2D eigenvalue weighted by Gasteiger charge is 2.13. The number of methoxy groups -OCH3 is 2. The summed E-state index contributed by atoms with van der Waals surface area (Å²) in [4.78, 5) is 17.5. The number of imidazole rings is 1. The van der Waals surface area contributed by atoms with Crippen LogP contribution in [0.3, 0.4) is 0 Å². The number of rotatable bonds is 13. The Bertz CT molecular complexity index is 1350. The van der Waals surface area contributed by atoms with Crippen LogP contribution < -0.4 is 19.5 Å². The summed E-state index contributed by atoms with van der Waals surface area (Å²) in [5, 5.41) is 3.00. The van der Waals surface area contributed by atoms with Crippen molar-refractivity contribution in [2.45, 2.75) is 45.6 Å². The van der Waals surface area contributed by atoms with E-state index in [1.165, 1.54) is 5.56 Å². The molecule has 200 valence electrons. The lowest BCUT2D eigenvalue weighted by Crippen LogP contribution is -2.25. The quantitative estimate of drug-likeness (QED) is 0.221. The maximum atomic E-state index is 12.6. The Kier molecular flexibility index (Phi) is 9.25. The number of carbonyl (C=O) groups excluding carboxylic acids is 1. The van der Waals surface area contributed by atoms with E-state index in [2.05, 4.69) is 54.1 Å². The molecule has 3 aromatic carbocycles. The van der Waals surface area contributed by atoms with Crippen molar-refractivity contribution in [1.82, 2.24) is 14.9 Å². The highest BCUT2D eigenvalue weighted by atomic mass is 16.5. The number of fused-ring (bicyclic) bond motifs is 1. The molecular formula is C31H37N3O4. The number of carbonyl (C=O) groups is 1. The Labute approximate surface area is 224 Å². The van der Waals surface area contributed by atoms with Gasteiger partial charge in [-0.3, -0.25) is 4.79 Å². The fraction of sp³-hybridized carbons (Fsp3) is 0.355. The number of hydrogen-bond acceptors (Lipinski definition) is 5. The molecule has 0 saturated carbocycles. The third-order valence-corrected chi connectivity index (χ3v) is 6.89. The molecule has 7 heteroatoms. The summed E-state index contributed by atoms with van der Waals surface area (Å²) in [5.74, 6) is 3.39. The first-order valence-electron chi connectivity index (χ1n) is 13.2. The van der Waals surface area contributed by atoms with E-state index in [4.69, 9.17) is 19.2 Å². The highest BCUT2D eigenvalue weighted by molar-refractivity contribution is 5.94. The van der Waals surface area contributed by atoms with E-state index in [1.807, 2.05) is 18.2 Å². The molecule has 0 radical (unpaired) electrons. The maximum Gasteiger partial charge on any atom is 0.251 e. The average molecular weight is 516 g/mol. The van der Waals surface area contributed by atoms with Crippen LogP contribution in [0.1, 0.15) is 54.4 Å². The summed E-state index contributed by atoms with van der Waals surface area (Å²) in [7, 11) is 3.13. The maximum absolute atomic E-state index is 12.6. The number of aromatic nitrogens is 2. The molecule has 38 heavy (non-hydrogen) atoms. The standard InChI is InChI=1S/C31H37N3O4/c1-5-22(2)23-12-15-25(16-13-23)38-20-19-34-27-10-7-6-9-26(27)33-30(34)11-8-18-32-31(35)24-14-17-28(36-3)29(21-24)37-4/h6-7,9-10,12-17,21-22H,5,8,11,18-20H2,1-4H3,(H,32,35). The van der Waals surface area contributed by atoms with E-state index in [-0.39, 0.29) is 5.91 Å². The zero-order valence-electron chi connectivity index (χ0n) is 22.7. The van der Waals surface area contributed by atoms with Gasteiger partial charge in [-0.2, -0.15) is 0 Å². The Morgan fingerprint density at radius 1 is 1.00 bits per heavy atom. The van der Waals surface area contributed by atoms with Crippen LogP contribution in [0.15, 0.2) is 66.7 Å². The van der Waals surface area contributed by atoms with Crippen molar-refractivity contribution in [2.24, 2.45) is 0 Å². The van der Waals surface area contributed by atoms with Gasteiger partial charge < -0.3 is 24.1 Å². The molecule has 1 heterocycles. The van der Waals surface area contributed by atoms with E-state index in [0.717, 1.165) is 41.9 Å². The van der Waals surface area contributed by atoms with Gasteiger partial charge in [0.1, 0.15) is 18.2 Å². The predicted molar refractivity (Wildman–Crippen MR) is 151 cm³/mol. The lowest BCUT2D eigenvalue weighted by Gasteiger charge is -2.13. The number of benzene rings is 3. The van der Waals surface area contributed by atoms with Gasteiger partial charge in [0.2, 0.25) is 0 Å². The number of nitrogens with one attached hydrogen (secondary N) is 1. The van der Waals surface area contributed by atoms with Gasteiger partial charge in [-0.1, -0.05) is 38.1 Å². The van der Waals surface area contributed by atoms with Crippen LogP contribution in [0.4, 0.5) is 0 Å². The van der Waals surface area contributed by atoms with Gasteiger partial charge in [0.05, 0.1) is 31.8 Å². The van der Waals surface area contributed by atoms with Crippen molar-refractivity contribution in [1.29, 1.82) is 0 Å². The van der Waals surface area contributed by atoms with Gasteiger partial charge in [-0.15, -0.1) is 0 Å². The molecule has 0 spiro atoms. The van der Waals surface area contributed by atoms with Crippen molar-refractivity contribution in [3.8, 4) is 17.2 Å². The average Bonchev–Trinajstić information content (AvgIpc) is 3.31. The van der Waals surface area contributed by atoms with Crippen molar-refractivity contribution in [3.63, 3.8) is 0 Å². The molecule has 4 aromatic rings. The fourth-order valence-electron chi connectivity index (χ4n) is 4.48. The number of amides is 1. The summed E-state index contributed by atoms with van der Waals surface area (Å²) >= 11 is 0. The molecule has 4 rings (SSSR count). The summed E-state index contributed by atoms with van der Waals surface area (Å²) in [5.41, 5.74) is 3.92. The number of nitrogens with zero attached hydrogens (tertiary/aromatic N) is 2. The minimum atomic E-state index is -0.146. The molecule has 0 bridgehead atoms. The van der Waals surface area contributed by atoms with Gasteiger partial charge in [-0.05, 0) is 66.8 Å². The van der Waals surface area contributed by atoms with Crippen molar-refractivity contribution in [3.05, 3.63) is 83.7 Å². The monoisotopic (exact) mass is 515 g/mol. The molecule has 0 saturated heterocycles. The summed E-state index contributed by atoms with van der Waals surface area (Å²) in [6.45, 7) is 6.22. The lowest BCUT2D eigenvalue weighted by atomic mass is 9.99. The molecule has 1 amide bonds. The summed E-state index contributed by atoms with van der Waals surface area (Å²) in [6, 6.07) is 21.7. The van der Waals surface area contributed by atoms with Crippen molar-refractivity contribution in [2.75, 3.05) is 27.4 Å². The van der Waals surface area contributed by atoms with Gasteiger partial charge in [0.25, 0.3) is 5.91 Å². The molecule has 0 aliphatic heterocycles. The molecule has 0 fully saturated rings. The van der Waals surface area contributed by atoms with Crippen molar-refractivity contribution < 1.29 is 19.0 Å². The number of para-hydroxylation sites is 2. The van der Waals surface area contributed by atoms with Gasteiger partial charge in [-0.25, -0.2) is 4.98 Å². The van der Waals surface area contributed by atoms with Crippen molar-refractivity contribution >= 4 is 16.9 Å². The van der Waals surface area contributed by atoms with Gasteiger partial charge in [0, 0.05) is 18.5 Å². The Hall–Kier alpha value is -4.00. The molecule has 0 aliphatic rings. The van der Waals surface area contributed by atoms with Gasteiger partial charge in [0.15, 0.2) is 11.5 Å². The third kappa shape index (κ3) is 6.46. The van der Waals surface area contributed by atoms with Crippen LogP contribution in [0.2, 0.25) is 0 Å². The molecule has 7 nitrogen and oxygen atoms in total. The number of hydrogen-bond donors (Lipinski definition) is 1. The molecule has 0 aliphatic carbocycles. The molecule has 1 unspecified atom stereocenters. The summed E-state index contributed by atoms with van der Waals surface area (Å²) < 4.78 is 18.8. The van der Waals surface area contributed by atoms with E-state index >= 15 is 0 Å². The minimum absolute atomic E-state index is 0.146. The number of aryl methyl sites for hydroxylation is 1. The van der Waals surface area contributed by atoms with E-state index in [9.17, 15) is 4.79 Å². The molecule has 1 N–H and O–H groups in total. The number of ether oxygens (including phenoxy) is 3. The SMILES string of the molecule is CCC(C)c1ccc(OCCn2c(CCCNC(=O)c3ccc(OC)c(OC)c3)nc3ccccc32)cc1. The smallest absolute Gasteiger partial charge is 0.251 e. The normalized spacial score (nSPS) is 11.8. The zero-order chi connectivity index (χ0) is 26.9. The molecular weight excluding hydrogens is 478 g/mol. The van der Waals surface area contributed by atoms with Crippen LogP contribution in [0.5, 0.6) is 17.2 Å². The first-order chi connectivity index (χ1) is 18.5. The van der Waals surface area contributed by atoms with E-state index < -0.39 is 0 Å². The second-order valence-electron chi connectivity index (χ2n) is 9.32. The van der Waals surface area contributed by atoms with Gasteiger partial charge >= 0.3 is 0 Å². The Balaban J connectivity index is 1.34. The summed E-state index contributed by atoms with van der Waals surface area (Å²) in [6.07, 6.45) is 2.63. The lowest BCUT2D eigenvalue weighted by molar-refractivity contribution is 0.0952. The Morgan fingerprint density at radius 2 is 1.76 bits per heavy atom. The van der Waals surface area contributed by atoms with E-state index in [1.54, 1.807) is 32.4 Å². The fourth-order valence-corrected chi connectivity index (χ4v) is 4.48. The van der Waals surface area contributed by atoms with Crippen LogP contribution in [0.25, 0.3) is 11.0 Å². The topological polar surface area (TPSA) is 74.6 Å². The highest BCUT2D eigenvalue weighted by Crippen LogP contribution is 2.27. The first-order valence-corrected chi connectivity index (χ1v) is 13.2. The van der Waals surface area contributed by atoms with Crippen LogP contribution >= 0.6 is 0 Å². The predicted octanol–water partition coefficient (Wildman–Crippen LogP) is 6.01. The van der Waals surface area contributed by atoms with Crippen LogP contribution in [-0.2, 0) is 13.0 Å². The third-order valence-electron chi connectivity index (χ3n) is 6.89. The second kappa shape index (κ2) is 13.0. The molecule has 1 aromatic heterocycles. The zero-order valence-corrected chi connectivity index (χ0v) is 22.7. The van der Waals surface area contributed by atoms with E-state index in [0.29, 0.717) is 42.7 Å². The van der Waals surface area contributed by atoms with Crippen LogP contribution in [-0.4, -0.2) is 42.8 Å². The first kappa shape index (κ1) is 27.0. The van der Waals surface area contributed by atoms with Crippen LogP contribution in [0, 0.1) is 0 Å². The minimum Gasteiger partial charge on any atom is -0.493 e.